The molecule has 0 unspecified atom stereocenters. The summed E-state index contributed by atoms with van der Waals surface area (Å²) in [5, 5.41) is 9.98. The van der Waals surface area contributed by atoms with Gasteiger partial charge in [-0.2, -0.15) is 5.26 Å². The average molecular weight is 362 g/mol. The van der Waals surface area contributed by atoms with Crippen LogP contribution < -0.4 is 4.74 Å². The molecule has 126 valence electrons. The maximum absolute atomic E-state index is 9.31. The van der Waals surface area contributed by atoms with Crippen LogP contribution in [0.15, 0.2) is 24.3 Å². The molecule has 4 nitrogen and oxygen atoms in total. The van der Waals surface area contributed by atoms with Crippen molar-refractivity contribution in [1.82, 2.24) is 9.47 Å². The van der Waals surface area contributed by atoms with E-state index in [0.717, 1.165) is 22.6 Å². The first-order valence-corrected chi connectivity index (χ1v) is 8.28. The molecule has 0 N–H and O–H groups in total. The molecule has 0 amide bonds. The summed E-state index contributed by atoms with van der Waals surface area (Å²) in [6.45, 7) is 5.14. The Morgan fingerprint density at radius 1 is 1.33 bits per heavy atom. The summed E-state index contributed by atoms with van der Waals surface area (Å²) in [4.78, 5) is 2.10. The molecule has 0 spiro atoms. The van der Waals surface area contributed by atoms with Crippen LogP contribution in [0, 0.1) is 29.8 Å². The molecule has 24 heavy (non-hydrogen) atoms. The van der Waals surface area contributed by atoms with Gasteiger partial charge in [-0.05, 0) is 50.7 Å². The molecule has 0 radical (unpaired) electrons. The fourth-order valence-corrected chi connectivity index (χ4v) is 3.29. The van der Waals surface area contributed by atoms with Crippen molar-refractivity contribution in [3.63, 3.8) is 0 Å². The number of aromatic nitrogens is 1. The van der Waals surface area contributed by atoms with E-state index in [4.69, 9.17) is 28.6 Å². The number of nitriles is 1. The zero-order valence-electron chi connectivity index (χ0n) is 14.3. The number of hydrogen-bond acceptors (Lipinski definition) is 4. The van der Waals surface area contributed by atoms with Crippen molar-refractivity contribution >= 4 is 23.8 Å². The summed E-state index contributed by atoms with van der Waals surface area (Å²) in [6.07, 6.45) is 0. The van der Waals surface area contributed by atoms with E-state index in [9.17, 15) is 5.26 Å². The second-order valence-electron chi connectivity index (χ2n) is 5.80. The lowest BCUT2D eigenvalue weighted by Crippen LogP contribution is -2.24. The van der Waals surface area contributed by atoms with Crippen LogP contribution in [0.3, 0.4) is 0 Å². The highest BCUT2D eigenvalue weighted by Gasteiger charge is 2.11. The van der Waals surface area contributed by atoms with Crippen LogP contribution in [0.1, 0.15) is 22.4 Å². The normalized spacial score (nSPS) is 10.7. The van der Waals surface area contributed by atoms with Crippen molar-refractivity contribution in [2.24, 2.45) is 0 Å². The van der Waals surface area contributed by atoms with Crippen molar-refractivity contribution in [2.75, 3.05) is 14.2 Å². The molecular weight excluding hydrogens is 342 g/mol. The summed E-state index contributed by atoms with van der Waals surface area (Å²) in [5.41, 5.74) is 3.51. The number of methoxy groups -OCH3 is 1. The van der Waals surface area contributed by atoms with E-state index >= 15 is 0 Å². The summed E-state index contributed by atoms with van der Waals surface area (Å²) in [6, 6.07) is 9.76. The van der Waals surface area contributed by atoms with Crippen LogP contribution in [-0.4, -0.2) is 23.6 Å². The minimum Gasteiger partial charge on any atom is -0.496 e. The Bertz CT molecular complexity index is 855. The topological polar surface area (TPSA) is 41.2 Å². The van der Waals surface area contributed by atoms with Crippen molar-refractivity contribution in [2.45, 2.75) is 27.1 Å². The molecule has 6 heteroatoms. The maximum atomic E-state index is 9.31. The number of rotatable bonds is 5. The molecule has 0 aliphatic carbocycles. The van der Waals surface area contributed by atoms with E-state index in [1.807, 2.05) is 49.7 Å². The fourth-order valence-electron chi connectivity index (χ4n) is 2.69. The number of pyridine rings is 1. The number of benzene rings is 1. The van der Waals surface area contributed by atoms with Crippen LogP contribution >= 0.6 is 23.8 Å². The number of hydrogen-bond donors (Lipinski definition) is 0. The Morgan fingerprint density at radius 3 is 2.67 bits per heavy atom. The first-order valence-electron chi connectivity index (χ1n) is 7.49. The fraction of sp³-hybridized carbons (Fsp3) is 0.333. The molecule has 0 aliphatic heterocycles. The lowest BCUT2D eigenvalue weighted by molar-refractivity contribution is 0.251. The highest BCUT2D eigenvalue weighted by Crippen LogP contribution is 2.24. The SMILES string of the molecule is COc1ccc(Cl)cc1CN(C)Cn1c(C)cc(C)c(C#N)c1=S. The highest BCUT2D eigenvalue weighted by molar-refractivity contribution is 7.71. The first kappa shape index (κ1) is 18.5. The molecule has 1 heterocycles. The van der Waals surface area contributed by atoms with Gasteiger partial charge >= 0.3 is 0 Å². The van der Waals surface area contributed by atoms with Crippen LogP contribution in [-0.2, 0) is 13.2 Å². The van der Waals surface area contributed by atoms with Crippen LogP contribution in [0.25, 0.3) is 0 Å². The predicted molar refractivity (Wildman–Crippen MR) is 98.9 cm³/mol. The quantitative estimate of drug-likeness (QED) is 0.737. The Labute approximate surface area is 152 Å². The third kappa shape index (κ3) is 3.96. The molecule has 0 aliphatic rings. The lowest BCUT2D eigenvalue weighted by Gasteiger charge is -2.22. The van der Waals surface area contributed by atoms with E-state index in [0.29, 0.717) is 28.4 Å². The van der Waals surface area contributed by atoms with E-state index < -0.39 is 0 Å². The smallest absolute Gasteiger partial charge is 0.125 e. The van der Waals surface area contributed by atoms with Gasteiger partial charge < -0.3 is 9.30 Å². The molecule has 2 aromatic rings. The third-order valence-corrected chi connectivity index (χ3v) is 4.54. The van der Waals surface area contributed by atoms with E-state index in [2.05, 4.69) is 11.0 Å². The van der Waals surface area contributed by atoms with Gasteiger partial charge in [0.2, 0.25) is 0 Å². The van der Waals surface area contributed by atoms with Crippen molar-refractivity contribution in [1.29, 1.82) is 5.26 Å². The van der Waals surface area contributed by atoms with Gasteiger partial charge in [0.05, 0.1) is 19.3 Å². The standard InChI is InChI=1S/C18H20ClN3OS/c1-12-7-13(2)22(18(24)16(12)9-20)11-21(3)10-14-8-15(19)5-6-17(14)23-4/h5-8H,10-11H2,1-4H3. The number of halogens is 1. The molecule has 0 fully saturated rings. The zero-order valence-corrected chi connectivity index (χ0v) is 15.8. The number of nitrogens with zero attached hydrogens (tertiary/aromatic N) is 3. The first-order chi connectivity index (χ1) is 11.4. The second kappa shape index (κ2) is 7.80. The van der Waals surface area contributed by atoms with E-state index in [1.165, 1.54) is 0 Å². The maximum Gasteiger partial charge on any atom is 0.125 e. The van der Waals surface area contributed by atoms with Gasteiger partial charge in [-0.25, -0.2) is 0 Å². The Hall–Kier alpha value is -1.87. The highest BCUT2D eigenvalue weighted by atomic mass is 35.5. The molecule has 0 saturated carbocycles. The minimum atomic E-state index is 0.560. The molecule has 1 aromatic carbocycles. The molecular formula is C18H20ClN3OS. The lowest BCUT2D eigenvalue weighted by atomic mass is 10.1. The monoisotopic (exact) mass is 361 g/mol. The van der Waals surface area contributed by atoms with E-state index in [-0.39, 0.29) is 0 Å². The minimum absolute atomic E-state index is 0.560. The Balaban J connectivity index is 2.29. The van der Waals surface area contributed by atoms with Gasteiger partial charge in [0.15, 0.2) is 0 Å². The molecule has 1 aromatic heterocycles. The average Bonchev–Trinajstić information content (AvgIpc) is 2.52. The van der Waals surface area contributed by atoms with Crippen LogP contribution in [0.2, 0.25) is 5.02 Å². The Morgan fingerprint density at radius 2 is 2.04 bits per heavy atom. The summed E-state index contributed by atoms with van der Waals surface area (Å²) < 4.78 is 7.93. The summed E-state index contributed by atoms with van der Waals surface area (Å²) in [5.74, 6) is 0.799. The van der Waals surface area contributed by atoms with Crippen molar-refractivity contribution in [3.05, 3.63) is 56.3 Å². The predicted octanol–water partition coefficient (Wildman–Crippen LogP) is 4.46. The van der Waals surface area contributed by atoms with Gasteiger partial charge in [0.25, 0.3) is 0 Å². The molecule has 0 saturated heterocycles. The molecule has 0 atom stereocenters. The zero-order chi connectivity index (χ0) is 17.9. The Kier molecular flexibility index (Phi) is 6.00. The second-order valence-corrected chi connectivity index (χ2v) is 6.62. The summed E-state index contributed by atoms with van der Waals surface area (Å²) >= 11 is 11.6. The van der Waals surface area contributed by atoms with Crippen molar-refractivity contribution in [3.8, 4) is 11.8 Å². The van der Waals surface area contributed by atoms with Crippen molar-refractivity contribution < 1.29 is 4.74 Å². The van der Waals surface area contributed by atoms with Gasteiger partial charge in [-0.15, -0.1) is 0 Å². The van der Waals surface area contributed by atoms with Gasteiger partial charge in [0, 0.05) is 22.8 Å². The molecule has 2 rings (SSSR count). The van der Waals surface area contributed by atoms with Gasteiger partial charge in [0.1, 0.15) is 16.5 Å². The summed E-state index contributed by atoms with van der Waals surface area (Å²) in [7, 11) is 3.64. The number of aryl methyl sites for hydroxylation is 2. The van der Waals surface area contributed by atoms with Crippen LogP contribution in [0.4, 0.5) is 0 Å². The van der Waals surface area contributed by atoms with E-state index in [1.54, 1.807) is 7.11 Å². The third-order valence-electron chi connectivity index (χ3n) is 3.88. The van der Waals surface area contributed by atoms with Crippen LogP contribution in [0.5, 0.6) is 5.75 Å². The number of ether oxygens (including phenoxy) is 1. The van der Waals surface area contributed by atoms with Gasteiger partial charge in [-0.1, -0.05) is 23.8 Å². The largest absolute Gasteiger partial charge is 0.496 e. The molecule has 0 bridgehead atoms. The van der Waals surface area contributed by atoms with Gasteiger partial charge in [-0.3, -0.25) is 4.90 Å².